The van der Waals surface area contributed by atoms with Crippen molar-refractivity contribution in [3.05, 3.63) is 23.8 Å². The monoisotopic (exact) mass is 267 g/mol. The molecule has 0 saturated carbocycles. The molecule has 0 bridgehead atoms. The zero-order valence-corrected chi connectivity index (χ0v) is 11.3. The largest absolute Gasteiger partial charge is 0.507 e. The van der Waals surface area contributed by atoms with Crippen LogP contribution in [-0.2, 0) is 11.3 Å². The molecule has 19 heavy (non-hydrogen) atoms. The van der Waals surface area contributed by atoms with Gasteiger partial charge >= 0.3 is 0 Å². The summed E-state index contributed by atoms with van der Waals surface area (Å²) in [4.78, 5) is 0. The Hall–Kier alpha value is -1.30. The Morgan fingerprint density at radius 3 is 2.89 bits per heavy atom. The number of ether oxygens (including phenoxy) is 2. The van der Waals surface area contributed by atoms with Crippen LogP contribution in [0.3, 0.4) is 0 Å². The minimum absolute atomic E-state index is 0.163. The van der Waals surface area contributed by atoms with Gasteiger partial charge in [-0.25, -0.2) is 0 Å². The molecule has 1 aliphatic rings. The first-order valence-corrected chi connectivity index (χ1v) is 6.46. The Balaban J connectivity index is 1.89. The smallest absolute Gasteiger partial charge is 0.123 e. The van der Waals surface area contributed by atoms with E-state index in [9.17, 15) is 10.2 Å². The molecule has 5 nitrogen and oxygen atoms in total. The van der Waals surface area contributed by atoms with Gasteiger partial charge in [0.1, 0.15) is 17.1 Å². The lowest BCUT2D eigenvalue weighted by Crippen LogP contribution is -2.45. The summed E-state index contributed by atoms with van der Waals surface area (Å²) in [6.07, 6.45) is 0.472. The van der Waals surface area contributed by atoms with Gasteiger partial charge in [-0.1, -0.05) is 6.07 Å². The number of rotatable bonds is 5. The van der Waals surface area contributed by atoms with Gasteiger partial charge in [-0.2, -0.15) is 0 Å². The Kier molecular flexibility index (Phi) is 4.29. The minimum atomic E-state index is -0.817. The van der Waals surface area contributed by atoms with Crippen LogP contribution in [-0.4, -0.2) is 42.2 Å². The Bertz CT molecular complexity index is 437. The van der Waals surface area contributed by atoms with E-state index < -0.39 is 5.60 Å². The minimum Gasteiger partial charge on any atom is -0.507 e. The third-order valence-corrected chi connectivity index (χ3v) is 3.70. The summed E-state index contributed by atoms with van der Waals surface area (Å²) >= 11 is 0. The molecule has 0 amide bonds. The topological polar surface area (TPSA) is 71.0 Å². The zero-order valence-electron chi connectivity index (χ0n) is 11.3. The molecule has 3 N–H and O–H groups in total. The molecular weight excluding hydrogens is 246 g/mol. The lowest BCUT2D eigenvalue weighted by molar-refractivity contribution is -0.0263. The van der Waals surface area contributed by atoms with Crippen molar-refractivity contribution in [2.75, 3.05) is 20.3 Å². The van der Waals surface area contributed by atoms with Gasteiger partial charge in [0, 0.05) is 37.7 Å². The van der Waals surface area contributed by atoms with E-state index in [1.807, 2.05) is 6.92 Å². The Labute approximate surface area is 113 Å². The van der Waals surface area contributed by atoms with Crippen LogP contribution in [0.4, 0.5) is 0 Å². The first-order valence-electron chi connectivity index (χ1n) is 6.46. The molecule has 2 unspecified atom stereocenters. The molecule has 2 rings (SSSR count). The highest BCUT2D eigenvalue weighted by molar-refractivity contribution is 5.39. The van der Waals surface area contributed by atoms with Gasteiger partial charge in [0.25, 0.3) is 0 Å². The van der Waals surface area contributed by atoms with Crippen LogP contribution >= 0.6 is 0 Å². The fourth-order valence-electron chi connectivity index (χ4n) is 2.24. The predicted molar refractivity (Wildman–Crippen MR) is 71.3 cm³/mol. The summed E-state index contributed by atoms with van der Waals surface area (Å²) in [5.74, 6) is 0.812. The third-order valence-electron chi connectivity index (χ3n) is 3.70. The SMILES string of the molecule is COc1ccc(CNCC2(O)CCOC2C)c(O)c1. The summed E-state index contributed by atoms with van der Waals surface area (Å²) in [6, 6.07) is 5.18. The number of aliphatic hydroxyl groups is 1. The van der Waals surface area contributed by atoms with Crippen molar-refractivity contribution in [1.29, 1.82) is 0 Å². The standard InChI is InChI=1S/C14H21NO4/c1-10-14(17,5-6-19-10)9-15-8-11-3-4-12(18-2)7-13(11)16/h3-4,7,10,15-17H,5-6,8-9H2,1-2H3. The van der Waals surface area contributed by atoms with Crippen LogP contribution in [0.2, 0.25) is 0 Å². The lowest BCUT2D eigenvalue weighted by Gasteiger charge is -2.26. The van der Waals surface area contributed by atoms with Crippen molar-refractivity contribution in [2.24, 2.45) is 0 Å². The Morgan fingerprint density at radius 1 is 1.53 bits per heavy atom. The van der Waals surface area contributed by atoms with Crippen molar-refractivity contribution in [1.82, 2.24) is 5.32 Å². The van der Waals surface area contributed by atoms with Gasteiger partial charge in [0.15, 0.2) is 0 Å². The molecule has 0 radical (unpaired) electrons. The molecule has 0 aromatic heterocycles. The molecule has 1 aromatic carbocycles. The second-order valence-corrected chi connectivity index (χ2v) is 4.96. The highest BCUT2D eigenvalue weighted by atomic mass is 16.5. The highest BCUT2D eigenvalue weighted by Gasteiger charge is 2.38. The molecule has 1 fully saturated rings. The van der Waals surface area contributed by atoms with Gasteiger partial charge in [0.05, 0.1) is 13.2 Å². The summed E-state index contributed by atoms with van der Waals surface area (Å²) < 4.78 is 10.4. The first-order chi connectivity index (χ1) is 9.05. The van der Waals surface area contributed by atoms with E-state index in [0.29, 0.717) is 31.9 Å². The lowest BCUT2D eigenvalue weighted by atomic mass is 9.96. The fourth-order valence-corrected chi connectivity index (χ4v) is 2.24. The van der Waals surface area contributed by atoms with Gasteiger partial charge in [-0.05, 0) is 13.0 Å². The van der Waals surface area contributed by atoms with Crippen molar-refractivity contribution >= 4 is 0 Å². The van der Waals surface area contributed by atoms with E-state index >= 15 is 0 Å². The number of methoxy groups -OCH3 is 1. The van der Waals surface area contributed by atoms with Crippen LogP contribution < -0.4 is 10.1 Å². The molecule has 1 heterocycles. The van der Waals surface area contributed by atoms with Gasteiger partial charge in [-0.3, -0.25) is 0 Å². The molecule has 2 atom stereocenters. The molecule has 0 aliphatic carbocycles. The fraction of sp³-hybridized carbons (Fsp3) is 0.571. The molecular formula is C14H21NO4. The number of hydrogen-bond donors (Lipinski definition) is 3. The number of nitrogens with one attached hydrogen (secondary N) is 1. The number of phenols is 1. The summed E-state index contributed by atoms with van der Waals surface area (Å²) in [5, 5.41) is 23.3. The quantitative estimate of drug-likeness (QED) is 0.743. The zero-order chi connectivity index (χ0) is 13.9. The molecule has 1 aromatic rings. The van der Waals surface area contributed by atoms with Gasteiger partial charge in [-0.15, -0.1) is 0 Å². The van der Waals surface area contributed by atoms with Gasteiger partial charge < -0.3 is 25.0 Å². The van der Waals surface area contributed by atoms with E-state index in [0.717, 1.165) is 5.56 Å². The maximum atomic E-state index is 10.3. The van der Waals surface area contributed by atoms with Crippen molar-refractivity contribution in [3.8, 4) is 11.5 Å². The van der Waals surface area contributed by atoms with Crippen LogP contribution in [0.15, 0.2) is 18.2 Å². The number of hydrogen-bond acceptors (Lipinski definition) is 5. The predicted octanol–water partition coefficient (Wildman–Crippen LogP) is 1.03. The van der Waals surface area contributed by atoms with E-state index in [2.05, 4.69) is 5.32 Å². The molecule has 0 spiro atoms. The van der Waals surface area contributed by atoms with E-state index in [1.54, 1.807) is 25.3 Å². The molecule has 5 heteroatoms. The van der Waals surface area contributed by atoms with Crippen LogP contribution in [0.25, 0.3) is 0 Å². The van der Waals surface area contributed by atoms with Crippen molar-refractivity contribution in [2.45, 2.75) is 31.6 Å². The number of benzene rings is 1. The molecule has 1 aliphatic heterocycles. The van der Waals surface area contributed by atoms with Gasteiger partial charge in [0.2, 0.25) is 0 Å². The normalized spacial score (nSPS) is 26.6. The second kappa shape index (κ2) is 5.77. The van der Waals surface area contributed by atoms with Crippen molar-refractivity contribution < 1.29 is 19.7 Å². The average Bonchev–Trinajstić information content (AvgIpc) is 2.72. The average molecular weight is 267 g/mol. The van der Waals surface area contributed by atoms with Crippen LogP contribution in [0, 0.1) is 0 Å². The summed E-state index contributed by atoms with van der Waals surface area (Å²) in [7, 11) is 1.56. The van der Waals surface area contributed by atoms with Crippen LogP contribution in [0.5, 0.6) is 11.5 Å². The maximum Gasteiger partial charge on any atom is 0.123 e. The van der Waals surface area contributed by atoms with E-state index in [4.69, 9.17) is 9.47 Å². The summed E-state index contributed by atoms with van der Waals surface area (Å²) in [6.45, 7) is 3.40. The van der Waals surface area contributed by atoms with E-state index in [1.165, 1.54) is 0 Å². The van der Waals surface area contributed by atoms with Crippen molar-refractivity contribution in [3.63, 3.8) is 0 Å². The van der Waals surface area contributed by atoms with E-state index in [-0.39, 0.29) is 11.9 Å². The second-order valence-electron chi connectivity index (χ2n) is 4.96. The maximum absolute atomic E-state index is 10.3. The van der Waals surface area contributed by atoms with Crippen LogP contribution in [0.1, 0.15) is 18.9 Å². The number of aromatic hydroxyl groups is 1. The summed E-state index contributed by atoms with van der Waals surface area (Å²) in [5.41, 5.74) is -0.0433. The third kappa shape index (κ3) is 3.18. The first kappa shape index (κ1) is 14.1. The molecule has 1 saturated heterocycles. The molecule has 106 valence electrons. The number of phenolic OH excluding ortho intramolecular Hbond substituents is 1. The highest BCUT2D eigenvalue weighted by Crippen LogP contribution is 2.26. The Morgan fingerprint density at radius 2 is 2.32 bits per heavy atom.